The molecule has 0 atom stereocenters. The summed E-state index contributed by atoms with van der Waals surface area (Å²) in [5, 5.41) is 0.917. The molecule has 3 aromatic rings. The first-order valence-electron chi connectivity index (χ1n) is 10.5. The Bertz CT molecular complexity index is 1070. The molecular formula is C23H26F3N5O2. The average molecular weight is 461 g/mol. The predicted octanol–water partition coefficient (Wildman–Crippen LogP) is 3.78. The smallest absolute Gasteiger partial charge is 0.389 e. The molecule has 176 valence electrons. The number of hydrogen-bond donors (Lipinski definition) is 0. The van der Waals surface area contributed by atoms with Crippen LogP contribution in [0.4, 0.5) is 19.0 Å². The summed E-state index contributed by atoms with van der Waals surface area (Å²) in [4.78, 5) is 27.1. The Kier molecular flexibility index (Phi) is 8.16. The Balaban J connectivity index is 0.000000194. The quantitative estimate of drug-likeness (QED) is 0.536. The Hall–Kier alpha value is -3.27. The maximum atomic E-state index is 12.2. The summed E-state index contributed by atoms with van der Waals surface area (Å²) in [7, 11) is 3.63. The summed E-state index contributed by atoms with van der Waals surface area (Å²) in [5.41, 5.74) is 1.61. The van der Waals surface area contributed by atoms with Crippen molar-refractivity contribution in [1.82, 2.24) is 19.9 Å². The van der Waals surface area contributed by atoms with Gasteiger partial charge in [-0.15, -0.1) is 0 Å². The number of pyridine rings is 1. The minimum Gasteiger partial charge on any atom is -0.496 e. The number of likely N-dealkylation sites (N-methyl/N-ethyl adjacent to an activating group) is 1. The standard InChI is InChI=1S/C12H17F3N4.C11H9NO2/c1-18-4-6-19(7-5-18)11-8-10(16-9-17-11)2-3-12(13,14)15;1-14-11-6-8(7-13)12-10-5-3-2-4-9(10)11/h8-9H,2-7H2,1H3;2-7H,1H3. The van der Waals surface area contributed by atoms with E-state index in [-0.39, 0.29) is 6.42 Å². The molecule has 3 heterocycles. The fourth-order valence-electron chi connectivity index (χ4n) is 3.39. The molecule has 1 saturated heterocycles. The SMILES string of the molecule is CN1CCN(c2cc(CCC(F)(F)F)ncn2)CC1.COc1cc(C=O)nc2ccccc12. The van der Waals surface area contributed by atoms with Crippen molar-refractivity contribution in [3.63, 3.8) is 0 Å². The number of fused-ring (bicyclic) bond motifs is 1. The van der Waals surface area contributed by atoms with Gasteiger partial charge in [-0.25, -0.2) is 15.0 Å². The highest BCUT2D eigenvalue weighted by molar-refractivity contribution is 5.88. The number of ether oxygens (including phenoxy) is 1. The first kappa shape index (κ1) is 24.4. The second-order valence-electron chi connectivity index (χ2n) is 7.66. The van der Waals surface area contributed by atoms with E-state index in [9.17, 15) is 18.0 Å². The Morgan fingerprint density at radius 1 is 1.09 bits per heavy atom. The van der Waals surface area contributed by atoms with Gasteiger partial charge in [-0.05, 0) is 25.6 Å². The van der Waals surface area contributed by atoms with Crippen molar-refractivity contribution < 1.29 is 22.7 Å². The fourth-order valence-corrected chi connectivity index (χ4v) is 3.39. The number of para-hydroxylation sites is 1. The van der Waals surface area contributed by atoms with Gasteiger partial charge < -0.3 is 14.5 Å². The number of aromatic nitrogens is 3. The van der Waals surface area contributed by atoms with Crippen LogP contribution >= 0.6 is 0 Å². The fraction of sp³-hybridized carbons (Fsp3) is 0.391. The summed E-state index contributed by atoms with van der Waals surface area (Å²) in [6.07, 6.45) is -3.01. The number of nitrogens with zero attached hydrogens (tertiary/aromatic N) is 5. The van der Waals surface area contributed by atoms with Gasteiger partial charge in [0.15, 0.2) is 6.29 Å². The summed E-state index contributed by atoms with van der Waals surface area (Å²) < 4.78 is 41.7. The summed E-state index contributed by atoms with van der Waals surface area (Å²) >= 11 is 0. The van der Waals surface area contributed by atoms with Gasteiger partial charge in [0.2, 0.25) is 0 Å². The molecule has 1 fully saturated rings. The molecule has 0 radical (unpaired) electrons. The molecule has 4 rings (SSSR count). The van der Waals surface area contributed by atoms with Crippen LogP contribution in [0.25, 0.3) is 10.9 Å². The summed E-state index contributed by atoms with van der Waals surface area (Å²) in [6, 6.07) is 10.9. The molecule has 10 heteroatoms. The number of aldehydes is 1. The van der Waals surface area contributed by atoms with Crippen LogP contribution in [0.1, 0.15) is 22.6 Å². The van der Waals surface area contributed by atoms with E-state index in [4.69, 9.17) is 4.74 Å². The van der Waals surface area contributed by atoms with Crippen molar-refractivity contribution in [2.45, 2.75) is 19.0 Å². The lowest BCUT2D eigenvalue weighted by Gasteiger charge is -2.33. The van der Waals surface area contributed by atoms with Crippen LogP contribution in [0.5, 0.6) is 5.75 Å². The van der Waals surface area contributed by atoms with E-state index in [0.29, 0.717) is 17.1 Å². The third-order valence-electron chi connectivity index (χ3n) is 5.24. The average Bonchev–Trinajstić information content (AvgIpc) is 2.82. The van der Waals surface area contributed by atoms with Gasteiger partial charge in [-0.3, -0.25) is 4.79 Å². The summed E-state index contributed by atoms with van der Waals surface area (Å²) in [6.45, 7) is 3.54. The second kappa shape index (κ2) is 11.0. The number of carbonyl (C=O) groups is 1. The highest BCUT2D eigenvalue weighted by atomic mass is 19.4. The number of aryl methyl sites for hydroxylation is 1. The number of hydrogen-bond acceptors (Lipinski definition) is 7. The van der Waals surface area contributed by atoms with Gasteiger partial charge in [-0.2, -0.15) is 13.2 Å². The second-order valence-corrected chi connectivity index (χ2v) is 7.66. The van der Waals surface area contributed by atoms with Gasteiger partial charge in [0.25, 0.3) is 0 Å². The van der Waals surface area contributed by atoms with E-state index in [1.807, 2.05) is 31.3 Å². The van der Waals surface area contributed by atoms with Crippen molar-refractivity contribution in [2.75, 3.05) is 45.2 Å². The number of piperazine rings is 1. The molecule has 0 spiro atoms. The first-order chi connectivity index (χ1) is 15.8. The molecule has 0 N–H and O–H groups in total. The van der Waals surface area contributed by atoms with Crippen molar-refractivity contribution in [2.24, 2.45) is 0 Å². The van der Waals surface area contributed by atoms with E-state index in [0.717, 1.165) is 49.2 Å². The number of benzene rings is 1. The number of methoxy groups -OCH3 is 1. The minimum absolute atomic E-state index is 0.0905. The van der Waals surface area contributed by atoms with E-state index >= 15 is 0 Å². The van der Waals surface area contributed by atoms with Crippen LogP contribution in [0.3, 0.4) is 0 Å². The highest BCUT2D eigenvalue weighted by Gasteiger charge is 2.27. The predicted molar refractivity (Wildman–Crippen MR) is 120 cm³/mol. The van der Waals surface area contributed by atoms with Gasteiger partial charge in [0.1, 0.15) is 23.6 Å². The van der Waals surface area contributed by atoms with Crippen LogP contribution in [-0.2, 0) is 6.42 Å². The van der Waals surface area contributed by atoms with Crippen LogP contribution in [0, 0.1) is 0 Å². The number of alkyl halides is 3. The normalized spacial score (nSPS) is 14.5. The monoisotopic (exact) mass is 461 g/mol. The molecule has 2 aromatic heterocycles. The van der Waals surface area contributed by atoms with E-state index in [1.165, 1.54) is 6.33 Å². The molecule has 1 aliphatic heterocycles. The molecular weight excluding hydrogens is 435 g/mol. The lowest BCUT2D eigenvalue weighted by Crippen LogP contribution is -2.44. The lowest BCUT2D eigenvalue weighted by atomic mass is 10.2. The zero-order valence-electron chi connectivity index (χ0n) is 18.5. The highest BCUT2D eigenvalue weighted by Crippen LogP contribution is 2.24. The molecule has 0 aliphatic carbocycles. The zero-order chi connectivity index (χ0) is 23.8. The largest absolute Gasteiger partial charge is 0.496 e. The molecule has 33 heavy (non-hydrogen) atoms. The van der Waals surface area contributed by atoms with Crippen molar-refractivity contribution in [3.05, 3.63) is 54.1 Å². The van der Waals surface area contributed by atoms with Gasteiger partial charge in [0.05, 0.1) is 12.6 Å². The maximum absolute atomic E-state index is 12.2. The summed E-state index contributed by atoms with van der Waals surface area (Å²) in [5.74, 6) is 1.40. The van der Waals surface area contributed by atoms with Crippen molar-refractivity contribution in [1.29, 1.82) is 0 Å². The zero-order valence-corrected chi connectivity index (χ0v) is 18.5. The third-order valence-corrected chi connectivity index (χ3v) is 5.24. The van der Waals surface area contributed by atoms with Crippen molar-refractivity contribution >= 4 is 23.0 Å². The number of anilines is 1. The molecule has 1 aliphatic rings. The van der Waals surface area contributed by atoms with Gasteiger partial charge in [-0.1, -0.05) is 12.1 Å². The van der Waals surface area contributed by atoms with Crippen LogP contribution in [0.15, 0.2) is 42.7 Å². The van der Waals surface area contributed by atoms with E-state index in [2.05, 4.69) is 24.8 Å². The van der Waals surface area contributed by atoms with Crippen molar-refractivity contribution in [3.8, 4) is 5.75 Å². The van der Waals surface area contributed by atoms with E-state index in [1.54, 1.807) is 19.2 Å². The Labute approximate surface area is 190 Å². The van der Waals surface area contributed by atoms with Crippen LogP contribution < -0.4 is 9.64 Å². The first-order valence-corrected chi connectivity index (χ1v) is 10.5. The topological polar surface area (TPSA) is 71.5 Å². The minimum atomic E-state index is -4.14. The molecule has 0 unspecified atom stereocenters. The number of halogens is 3. The van der Waals surface area contributed by atoms with E-state index < -0.39 is 12.6 Å². The lowest BCUT2D eigenvalue weighted by molar-refractivity contribution is -0.134. The van der Waals surface area contributed by atoms with Gasteiger partial charge >= 0.3 is 6.18 Å². The van der Waals surface area contributed by atoms with Crippen LogP contribution in [0.2, 0.25) is 0 Å². The van der Waals surface area contributed by atoms with Gasteiger partial charge in [0, 0.05) is 55.8 Å². The maximum Gasteiger partial charge on any atom is 0.389 e. The number of rotatable bonds is 5. The molecule has 0 bridgehead atoms. The molecule has 7 nitrogen and oxygen atoms in total. The Morgan fingerprint density at radius 3 is 2.48 bits per heavy atom. The molecule has 0 saturated carbocycles. The third kappa shape index (κ3) is 7.11. The van der Waals surface area contributed by atoms with Crippen LogP contribution in [-0.4, -0.2) is 72.7 Å². The Morgan fingerprint density at radius 2 is 1.82 bits per heavy atom. The molecule has 1 aromatic carbocycles. The number of carbonyl (C=O) groups excluding carboxylic acids is 1. The molecule has 0 amide bonds.